The van der Waals surface area contributed by atoms with Crippen molar-refractivity contribution in [3.05, 3.63) is 32.9 Å². The maximum absolute atomic E-state index is 13.2. The van der Waals surface area contributed by atoms with Gasteiger partial charge in [-0.2, -0.15) is 0 Å². The monoisotopic (exact) mass is 381 g/mol. The summed E-state index contributed by atoms with van der Waals surface area (Å²) in [5, 5.41) is 8.87. The Morgan fingerprint density at radius 2 is 1.95 bits per heavy atom. The number of likely N-dealkylation sites (tertiary alicyclic amines) is 1. The van der Waals surface area contributed by atoms with Gasteiger partial charge in [-0.1, -0.05) is 0 Å². The van der Waals surface area contributed by atoms with Crippen molar-refractivity contribution >= 4 is 34.5 Å². The molecule has 0 saturated carbocycles. The Bertz CT molecular complexity index is 550. The molecule has 0 bridgehead atoms. The van der Waals surface area contributed by atoms with Gasteiger partial charge in [-0.3, -0.25) is 9.59 Å². The molecule has 2 rings (SSSR count). The first-order chi connectivity index (χ1) is 8.90. The Balaban J connectivity index is 2.22. The minimum atomic E-state index is -1.09. The van der Waals surface area contributed by atoms with E-state index in [0.29, 0.717) is 16.5 Å². The third kappa shape index (κ3) is 2.85. The molecule has 1 fully saturated rings. The molecule has 102 valence electrons. The van der Waals surface area contributed by atoms with Crippen molar-refractivity contribution in [3.63, 3.8) is 0 Å². The molecule has 0 radical (unpaired) electrons. The summed E-state index contributed by atoms with van der Waals surface area (Å²) < 4.78 is 26.5. The van der Waals surface area contributed by atoms with Crippen LogP contribution in [0.25, 0.3) is 0 Å². The van der Waals surface area contributed by atoms with Crippen LogP contribution in [0.15, 0.2) is 12.1 Å². The Morgan fingerprint density at radius 3 is 2.53 bits per heavy atom. The van der Waals surface area contributed by atoms with Crippen LogP contribution in [-0.4, -0.2) is 35.0 Å². The van der Waals surface area contributed by atoms with E-state index in [1.807, 2.05) is 0 Å². The quantitative estimate of drug-likeness (QED) is 0.631. The fourth-order valence-electron chi connectivity index (χ4n) is 2.00. The summed E-state index contributed by atoms with van der Waals surface area (Å²) in [6, 6.07) is 1.81. The average Bonchev–Trinajstić information content (AvgIpc) is 2.82. The number of carboxylic acids is 1. The molecule has 1 unspecified atom stereocenters. The molecule has 1 heterocycles. The van der Waals surface area contributed by atoms with Gasteiger partial charge < -0.3 is 10.0 Å². The summed E-state index contributed by atoms with van der Waals surface area (Å²) in [5.41, 5.74) is 0.0607. The zero-order valence-electron chi connectivity index (χ0n) is 9.70. The predicted molar refractivity (Wildman–Crippen MR) is 70.7 cm³/mol. The van der Waals surface area contributed by atoms with E-state index in [2.05, 4.69) is 0 Å². The summed E-state index contributed by atoms with van der Waals surface area (Å²) in [6.07, 6.45) is 0.376. The van der Waals surface area contributed by atoms with E-state index >= 15 is 0 Å². The Hall–Kier alpha value is -1.25. The van der Waals surface area contributed by atoms with Crippen LogP contribution in [0.1, 0.15) is 16.8 Å². The number of aliphatic carboxylic acids is 1. The number of hydrogen-bond acceptors (Lipinski definition) is 2. The second kappa shape index (κ2) is 5.40. The van der Waals surface area contributed by atoms with E-state index in [9.17, 15) is 18.4 Å². The van der Waals surface area contributed by atoms with Gasteiger partial charge >= 0.3 is 5.97 Å². The number of halogens is 3. The van der Waals surface area contributed by atoms with Crippen LogP contribution < -0.4 is 0 Å². The van der Waals surface area contributed by atoms with Crippen LogP contribution >= 0.6 is 22.6 Å². The highest BCUT2D eigenvalue weighted by molar-refractivity contribution is 14.1. The van der Waals surface area contributed by atoms with Crippen molar-refractivity contribution in [2.24, 2.45) is 5.92 Å². The first-order valence-electron chi connectivity index (χ1n) is 5.56. The Kier molecular flexibility index (Phi) is 4.02. The van der Waals surface area contributed by atoms with E-state index in [-0.39, 0.29) is 12.1 Å². The molecule has 0 aromatic heterocycles. The number of benzene rings is 1. The molecular weight excluding hydrogens is 371 g/mol. The van der Waals surface area contributed by atoms with Gasteiger partial charge in [0, 0.05) is 16.7 Å². The number of hydrogen-bond donors (Lipinski definition) is 1. The molecule has 1 aliphatic rings. The molecule has 1 atom stereocenters. The summed E-state index contributed by atoms with van der Waals surface area (Å²) in [7, 11) is 0. The zero-order valence-corrected chi connectivity index (χ0v) is 11.9. The smallest absolute Gasteiger partial charge is 0.308 e. The Labute approximate surface area is 121 Å². The topological polar surface area (TPSA) is 57.6 Å². The van der Waals surface area contributed by atoms with E-state index in [1.54, 1.807) is 22.6 Å². The van der Waals surface area contributed by atoms with Crippen molar-refractivity contribution < 1.29 is 23.5 Å². The van der Waals surface area contributed by atoms with Crippen LogP contribution in [0.4, 0.5) is 8.78 Å². The minimum absolute atomic E-state index is 0.0607. The van der Waals surface area contributed by atoms with Crippen molar-refractivity contribution in [1.29, 1.82) is 0 Å². The molecule has 1 aromatic carbocycles. The molecule has 1 saturated heterocycles. The molecule has 1 aliphatic heterocycles. The first-order valence-corrected chi connectivity index (χ1v) is 6.64. The molecular formula is C12H10F2INO3. The normalized spacial score (nSPS) is 18.7. The minimum Gasteiger partial charge on any atom is -0.481 e. The highest BCUT2D eigenvalue weighted by Crippen LogP contribution is 2.23. The highest BCUT2D eigenvalue weighted by Gasteiger charge is 2.32. The zero-order chi connectivity index (χ0) is 14.2. The van der Waals surface area contributed by atoms with Gasteiger partial charge in [0.2, 0.25) is 0 Å². The standard InChI is InChI=1S/C12H10F2INO3/c13-8-3-7(10(15)4-9(8)14)11(17)16-2-1-6(5-16)12(18)19/h3-4,6H,1-2,5H2,(H,18,19). The van der Waals surface area contributed by atoms with Crippen molar-refractivity contribution in [2.75, 3.05) is 13.1 Å². The van der Waals surface area contributed by atoms with Gasteiger partial charge in [0.15, 0.2) is 11.6 Å². The van der Waals surface area contributed by atoms with E-state index in [0.717, 1.165) is 12.1 Å². The highest BCUT2D eigenvalue weighted by atomic mass is 127. The summed E-state index contributed by atoms with van der Waals surface area (Å²) >= 11 is 1.75. The molecule has 1 aromatic rings. The average molecular weight is 381 g/mol. The molecule has 19 heavy (non-hydrogen) atoms. The fraction of sp³-hybridized carbons (Fsp3) is 0.333. The first kappa shape index (κ1) is 14.2. The molecule has 7 heteroatoms. The number of nitrogens with zero attached hydrogens (tertiary/aromatic N) is 1. The van der Waals surface area contributed by atoms with Crippen molar-refractivity contribution in [3.8, 4) is 0 Å². The van der Waals surface area contributed by atoms with E-state index in [1.165, 1.54) is 4.90 Å². The lowest BCUT2D eigenvalue weighted by Gasteiger charge is -2.16. The van der Waals surface area contributed by atoms with Gasteiger partial charge in [-0.15, -0.1) is 0 Å². The third-order valence-electron chi connectivity index (χ3n) is 3.07. The summed E-state index contributed by atoms with van der Waals surface area (Å²) in [6.45, 7) is 0.411. The van der Waals surface area contributed by atoms with Gasteiger partial charge in [-0.25, -0.2) is 8.78 Å². The summed E-state index contributed by atoms with van der Waals surface area (Å²) in [5.74, 6) is -4.10. The van der Waals surface area contributed by atoms with Crippen LogP contribution in [-0.2, 0) is 4.79 Å². The largest absolute Gasteiger partial charge is 0.481 e. The van der Waals surface area contributed by atoms with Crippen LogP contribution in [0.3, 0.4) is 0 Å². The lowest BCUT2D eigenvalue weighted by Crippen LogP contribution is -2.30. The van der Waals surface area contributed by atoms with Gasteiger partial charge in [-0.05, 0) is 41.1 Å². The molecule has 1 amide bonds. The number of carboxylic acid groups (broad SMARTS) is 1. The van der Waals surface area contributed by atoms with Crippen LogP contribution in [0.5, 0.6) is 0 Å². The van der Waals surface area contributed by atoms with Gasteiger partial charge in [0.1, 0.15) is 0 Å². The number of rotatable bonds is 2. The Morgan fingerprint density at radius 1 is 1.32 bits per heavy atom. The maximum Gasteiger partial charge on any atom is 0.308 e. The predicted octanol–water partition coefficient (Wildman–Crippen LogP) is 2.12. The van der Waals surface area contributed by atoms with Crippen molar-refractivity contribution in [2.45, 2.75) is 6.42 Å². The molecule has 4 nitrogen and oxygen atoms in total. The number of carbonyl (C=O) groups excluding carboxylic acids is 1. The number of carbonyl (C=O) groups is 2. The van der Waals surface area contributed by atoms with Gasteiger partial charge in [0.05, 0.1) is 11.5 Å². The lowest BCUT2D eigenvalue weighted by molar-refractivity contribution is -0.141. The third-order valence-corrected chi connectivity index (χ3v) is 3.96. The fourth-order valence-corrected chi connectivity index (χ4v) is 2.66. The van der Waals surface area contributed by atoms with E-state index < -0.39 is 29.4 Å². The van der Waals surface area contributed by atoms with Crippen LogP contribution in [0, 0.1) is 21.1 Å². The van der Waals surface area contributed by atoms with Gasteiger partial charge in [0.25, 0.3) is 5.91 Å². The van der Waals surface area contributed by atoms with E-state index in [4.69, 9.17) is 5.11 Å². The molecule has 0 spiro atoms. The summed E-state index contributed by atoms with van der Waals surface area (Å²) in [4.78, 5) is 24.3. The molecule has 1 N–H and O–H groups in total. The second-order valence-electron chi connectivity index (χ2n) is 4.32. The number of amides is 1. The second-order valence-corrected chi connectivity index (χ2v) is 5.48. The SMILES string of the molecule is O=C(O)C1CCN(C(=O)c2cc(F)c(F)cc2I)C1. The maximum atomic E-state index is 13.2. The molecule has 0 aliphatic carbocycles. The lowest BCUT2D eigenvalue weighted by atomic mass is 10.1. The van der Waals surface area contributed by atoms with Crippen molar-refractivity contribution in [1.82, 2.24) is 4.90 Å². The van der Waals surface area contributed by atoms with Crippen LogP contribution in [0.2, 0.25) is 0 Å².